The zero-order valence-electron chi connectivity index (χ0n) is 10.4. The van der Waals surface area contributed by atoms with Gasteiger partial charge in [-0.2, -0.15) is 0 Å². The molecule has 0 aromatic heterocycles. The largest absolute Gasteiger partial charge is 0.381 e. The van der Waals surface area contributed by atoms with Crippen molar-refractivity contribution in [1.29, 1.82) is 0 Å². The standard InChI is InChI=1S/C10H22N2O3S.ClH/c1-9(15-2)8-16(13,14)12-7-5-10-4-3-6-11-10;/h9-12H,3-8H2,1-2H3;1H/t9?,10-;/m1./s1. The van der Waals surface area contributed by atoms with Gasteiger partial charge in [0.15, 0.2) is 0 Å². The monoisotopic (exact) mass is 286 g/mol. The summed E-state index contributed by atoms with van der Waals surface area (Å²) in [6.45, 7) is 3.31. The minimum atomic E-state index is -3.19. The van der Waals surface area contributed by atoms with Gasteiger partial charge in [0.05, 0.1) is 11.9 Å². The Hall–Kier alpha value is 0.120. The summed E-state index contributed by atoms with van der Waals surface area (Å²) in [6.07, 6.45) is 2.94. The Morgan fingerprint density at radius 2 is 2.24 bits per heavy atom. The zero-order valence-corrected chi connectivity index (χ0v) is 12.1. The van der Waals surface area contributed by atoms with E-state index >= 15 is 0 Å². The van der Waals surface area contributed by atoms with E-state index in [0.29, 0.717) is 12.6 Å². The molecule has 0 aromatic rings. The molecule has 0 aromatic carbocycles. The molecule has 5 nitrogen and oxygen atoms in total. The predicted molar refractivity (Wildman–Crippen MR) is 71.2 cm³/mol. The highest BCUT2D eigenvalue weighted by Gasteiger charge is 2.17. The van der Waals surface area contributed by atoms with Crippen molar-refractivity contribution in [1.82, 2.24) is 10.0 Å². The summed E-state index contributed by atoms with van der Waals surface area (Å²) in [5.41, 5.74) is 0. The number of ether oxygens (including phenoxy) is 1. The molecule has 0 saturated carbocycles. The lowest BCUT2D eigenvalue weighted by Gasteiger charge is -2.13. The molecule has 1 aliphatic rings. The molecule has 0 radical (unpaired) electrons. The lowest BCUT2D eigenvalue weighted by atomic mass is 10.2. The van der Waals surface area contributed by atoms with Gasteiger partial charge in [-0.1, -0.05) is 0 Å². The molecule has 0 spiro atoms. The number of methoxy groups -OCH3 is 1. The van der Waals surface area contributed by atoms with Gasteiger partial charge in [-0.3, -0.25) is 0 Å². The fourth-order valence-corrected chi connectivity index (χ4v) is 3.13. The van der Waals surface area contributed by atoms with Crippen LogP contribution < -0.4 is 10.0 Å². The van der Waals surface area contributed by atoms with Crippen molar-refractivity contribution < 1.29 is 13.2 Å². The third-order valence-corrected chi connectivity index (χ3v) is 4.39. The first kappa shape index (κ1) is 17.1. The van der Waals surface area contributed by atoms with Crippen molar-refractivity contribution in [2.45, 2.75) is 38.3 Å². The van der Waals surface area contributed by atoms with Gasteiger partial charge in [0.2, 0.25) is 10.0 Å². The van der Waals surface area contributed by atoms with Crippen molar-refractivity contribution in [2.24, 2.45) is 0 Å². The molecule has 0 amide bonds. The minimum Gasteiger partial charge on any atom is -0.381 e. The van der Waals surface area contributed by atoms with E-state index in [-0.39, 0.29) is 24.3 Å². The number of rotatable bonds is 7. The van der Waals surface area contributed by atoms with Crippen molar-refractivity contribution in [3.8, 4) is 0 Å². The van der Waals surface area contributed by atoms with E-state index in [2.05, 4.69) is 10.0 Å². The Kier molecular flexibility index (Phi) is 8.32. The fourth-order valence-electron chi connectivity index (χ4n) is 1.83. The summed E-state index contributed by atoms with van der Waals surface area (Å²) < 4.78 is 30.7. The molecule has 104 valence electrons. The van der Waals surface area contributed by atoms with E-state index in [1.165, 1.54) is 13.5 Å². The summed E-state index contributed by atoms with van der Waals surface area (Å²) in [6, 6.07) is 0.475. The molecule has 1 heterocycles. The molecule has 0 aliphatic carbocycles. The Morgan fingerprint density at radius 3 is 2.76 bits per heavy atom. The first-order valence-electron chi connectivity index (χ1n) is 5.77. The predicted octanol–water partition coefficient (Wildman–Crippen LogP) is 0.505. The summed E-state index contributed by atoms with van der Waals surface area (Å²) >= 11 is 0. The fraction of sp³-hybridized carbons (Fsp3) is 1.00. The molecule has 1 unspecified atom stereocenters. The second-order valence-corrected chi connectivity index (χ2v) is 6.16. The normalized spacial score (nSPS) is 22.1. The minimum absolute atomic E-state index is 0. The van der Waals surface area contributed by atoms with Gasteiger partial charge < -0.3 is 10.1 Å². The lowest BCUT2D eigenvalue weighted by Crippen LogP contribution is -2.35. The van der Waals surface area contributed by atoms with E-state index in [4.69, 9.17) is 4.74 Å². The molecule has 1 fully saturated rings. The van der Waals surface area contributed by atoms with Crippen molar-refractivity contribution in [3.05, 3.63) is 0 Å². The maximum atomic E-state index is 11.6. The van der Waals surface area contributed by atoms with Crippen LogP contribution in [0.3, 0.4) is 0 Å². The Morgan fingerprint density at radius 1 is 1.53 bits per heavy atom. The Bertz CT molecular complexity index is 292. The van der Waals surface area contributed by atoms with Crippen molar-refractivity contribution in [3.63, 3.8) is 0 Å². The average molecular weight is 287 g/mol. The first-order chi connectivity index (χ1) is 7.53. The van der Waals surface area contributed by atoms with Gasteiger partial charge in [0.25, 0.3) is 0 Å². The Balaban J connectivity index is 0.00000256. The molecule has 1 rings (SSSR count). The second kappa shape index (κ2) is 8.26. The molecular weight excluding hydrogens is 264 g/mol. The van der Waals surface area contributed by atoms with Crippen LogP contribution in [0.4, 0.5) is 0 Å². The number of hydrogen-bond donors (Lipinski definition) is 2. The molecule has 1 aliphatic heterocycles. The average Bonchev–Trinajstić information content (AvgIpc) is 2.69. The van der Waals surface area contributed by atoms with Gasteiger partial charge in [-0.25, -0.2) is 13.1 Å². The number of halogens is 1. The van der Waals surface area contributed by atoms with Crippen LogP contribution >= 0.6 is 12.4 Å². The van der Waals surface area contributed by atoms with Crippen LogP contribution in [-0.2, 0) is 14.8 Å². The lowest BCUT2D eigenvalue weighted by molar-refractivity contribution is 0.136. The van der Waals surface area contributed by atoms with Gasteiger partial charge >= 0.3 is 0 Å². The van der Waals surface area contributed by atoms with Gasteiger partial charge in [0, 0.05) is 19.7 Å². The van der Waals surface area contributed by atoms with E-state index in [1.54, 1.807) is 6.92 Å². The van der Waals surface area contributed by atoms with Crippen molar-refractivity contribution in [2.75, 3.05) is 26.0 Å². The van der Waals surface area contributed by atoms with Crippen LogP contribution in [-0.4, -0.2) is 46.5 Å². The zero-order chi connectivity index (χ0) is 12.0. The number of hydrogen-bond acceptors (Lipinski definition) is 4. The van der Waals surface area contributed by atoms with Gasteiger partial charge in [0.1, 0.15) is 0 Å². The number of sulfonamides is 1. The molecule has 7 heteroatoms. The number of nitrogens with one attached hydrogen (secondary N) is 2. The van der Waals surface area contributed by atoms with Crippen LogP contribution in [0.2, 0.25) is 0 Å². The first-order valence-corrected chi connectivity index (χ1v) is 7.42. The van der Waals surface area contributed by atoms with E-state index in [9.17, 15) is 8.42 Å². The highest BCUT2D eigenvalue weighted by Crippen LogP contribution is 2.07. The SMILES string of the molecule is COC(C)CS(=O)(=O)NCC[C@H]1CCCN1.Cl. The highest BCUT2D eigenvalue weighted by atomic mass is 35.5. The van der Waals surface area contributed by atoms with Crippen LogP contribution in [0.25, 0.3) is 0 Å². The topological polar surface area (TPSA) is 67.4 Å². The van der Waals surface area contributed by atoms with E-state index in [0.717, 1.165) is 19.4 Å². The van der Waals surface area contributed by atoms with Crippen LogP contribution in [0.15, 0.2) is 0 Å². The van der Waals surface area contributed by atoms with Crippen LogP contribution in [0.1, 0.15) is 26.2 Å². The van der Waals surface area contributed by atoms with E-state index < -0.39 is 10.0 Å². The maximum Gasteiger partial charge on any atom is 0.214 e. The van der Waals surface area contributed by atoms with Crippen LogP contribution in [0.5, 0.6) is 0 Å². The summed E-state index contributed by atoms with van der Waals surface area (Å²) in [7, 11) is -1.67. The molecule has 1 saturated heterocycles. The molecule has 2 N–H and O–H groups in total. The third-order valence-electron chi connectivity index (χ3n) is 2.83. The third kappa shape index (κ3) is 7.21. The molecule has 17 heavy (non-hydrogen) atoms. The summed E-state index contributed by atoms with van der Waals surface area (Å²) in [4.78, 5) is 0. The second-order valence-electron chi connectivity index (χ2n) is 4.30. The summed E-state index contributed by atoms with van der Waals surface area (Å²) in [5.74, 6) is 0.0294. The molecule has 0 bridgehead atoms. The van der Waals surface area contributed by atoms with Gasteiger partial charge in [-0.15, -0.1) is 12.4 Å². The molecular formula is C10H23ClN2O3S. The highest BCUT2D eigenvalue weighted by molar-refractivity contribution is 7.89. The maximum absolute atomic E-state index is 11.6. The van der Waals surface area contributed by atoms with Crippen molar-refractivity contribution >= 4 is 22.4 Å². The van der Waals surface area contributed by atoms with E-state index in [1.807, 2.05) is 0 Å². The molecule has 2 atom stereocenters. The smallest absolute Gasteiger partial charge is 0.214 e. The summed E-state index contributed by atoms with van der Waals surface area (Å²) in [5, 5.41) is 3.34. The van der Waals surface area contributed by atoms with Gasteiger partial charge in [-0.05, 0) is 32.7 Å². The Labute approximate surface area is 110 Å². The van der Waals surface area contributed by atoms with Crippen LogP contribution in [0, 0.1) is 0 Å². The quantitative estimate of drug-likeness (QED) is 0.715.